The molecule has 0 spiro atoms. The molecule has 0 bridgehead atoms. The average molecular weight is 301 g/mol. The van der Waals surface area contributed by atoms with Crippen LogP contribution in [0.4, 0.5) is 19.0 Å². The maximum atomic E-state index is 12.9. The molecule has 21 heavy (non-hydrogen) atoms. The number of nitrogens with two attached hydrogens (primary N) is 1. The lowest BCUT2D eigenvalue weighted by Crippen LogP contribution is -2.40. The molecule has 6 heteroatoms. The largest absolute Gasteiger partial charge is 0.433 e. The predicted octanol–water partition coefficient (Wildman–Crippen LogP) is 3.57. The van der Waals surface area contributed by atoms with Crippen LogP contribution >= 0.6 is 0 Å². The number of nitrogens with zero attached hydrogens (tertiary/aromatic N) is 2. The van der Waals surface area contributed by atoms with Crippen LogP contribution in [-0.2, 0) is 12.7 Å². The lowest BCUT2D eigenvalue weighted by atomic mass is 9.85. The van der Waals surface area contributed by atoms with Crippen molar-refractivity contribution in [1.29, 1.82) is 0 Å². The van der Waals surface area contributed by atoms with E-state index in [1.807, 2.05) is 11.9 Å². The fourth-order valence-corrected chi connectivity index (χ4v) is 3.13. The zero-order valence-electron chi connectivity index (χ0n) is 12.5. The SMILES string of the molecule is CC1CCCCC1N(C)c1nc(C(F)(F)F)ccc1CN. The lowest BCUT2D eigenvalue weighted by molar-refractivity contribution is -0.141. The van der Waals surface area contributed by atoms with Gasteiger partial charge in [-0.3, -0.25) is 0 Å². The molecule has 2 rings (SSSR count). The van der Waals surface area contributed by atoms with Crippen LogP contribution in [0, 0.1) is 5.92 Å². The first kappa shape index (κ1) is 16.1. The van der Waals surface area contributed by atoms with Crippen molar-refractivity contribution < 1.29 is 13.2 Å². The number of pyridine rings is 1. The molecule has 1 heterocycles. The molecule has 1 aromatic heterocycles. The van der Waals surface area contributed by atoms with Crippen molar-refractivity contribution in [2.45, 2.75) is 51.4 Å². The first-order valence-corrected chi connectivity index (χ1v) is 7.34. The van der Waals surface area contributed by atoms with Gasteiger partial charge in [-0.2, -0.15) is 13.2 Å². The Morgan fingerprint density at radius 3 is 2.52 bits per heavy atom. The summed E-state index contributed by atoms with van der Waals surface area (Å²) < 4.78 is 38.6. The zero-order chi connectivity index (χ0) is 15.6. The molecule has 0 aromatic carbocycles. The zero-order valence-corrected chi connectivity index (χ0v) is 12.5. The monoisotopic (exact) mass is 301 g/mol. The van der Waals surface area contributed by atoms with Crippen LogP contribution in [-0.4, -0.2) is 18.1 Å². The third-order valence-electron chi connectivity index (χ3n) is 4.36. The van der Waals surface area contributed by atoms with Crippen molar-refractivity contribution in [3.05, 3.63) is 23.4 Å². The van der Waals surface area contributed by atoms with Gasteiger partial charge in [-0.15, -0.1) is 0 Å². The molecule has 0 amide bonds. The second kappa shape index (κ2) is 6.22. The highest BCUT2D eigenvalue weighted by Crippen LogP contribution is 2.34. The quantitative estimate of drug-likeness (QED) is 0.928. The van der Waals surface area contributed by atoms with Crippen LogP contribution in [0.1, 0.15) is 43.9 Å². The van der Waals surface area contributed by atoms with Gasteiger partial charge in [0, 0.05) is 25.2 Å². The average Bonchev–Trinajstić information content (AvgIpc) is 2.45. The molecule has 1 fully saturated rings. The number of hydrogen-bond donors (Lipinski definition) is 1. The summed E-state index contributed by atoms with van der Waals surface area (Å²) >= 11 is 0. The predicted molar refractivity (Wildman–Crippen MR) is 77.0 cm³/mol. The van der Waals surface area contributed by atoms with Gasteiger partial charge in [-0.05, 0) is 24.8 Å². The van der Waals surface area contributed by atoms with Crippen LogP contribution in [0.3, 0.4) is 0 Å². The molecule has 3 nitrogen and oxygen atoms in total. The Balaban J connectivity index is 2.35. The van der Waals surface area contributed by atoms with Crippen molar-refractivity contribution >= 4 is 5.82 Å². The molecule has 0 saturated heterocycles. The fourth-order valence-electron chi connectivity index (χ4n) is 3.13. The highest BCUT2D eigenvalue weighted by Gasteiger charge is 2.34. The van der Waals surface area contributed by atoms with Gasteiger partial charge in [0.25, 0.3) is 0 Å². The van der Waals surface area contributed by atoms with Crippen LogP contribution in [0.2, 0.25) is 0 Å². The van der Waals surface area contributed by atoms with E-state index in [0.717, 1.165) is 25.3 Å². The minimum Gasteiger partial charge on any atom is -0.356 e. The normalized spacial score (nSPS) is 23.1. The summed E-state index contributed by atoms with van der Waals surface area (Å²) in [5, 5.41) is 0. The molecule has 1 aliphatic rings. The Kier molecular flexibility index (Phi) is 4.76. The van der Waals surface area contributed by atoms with E-state index < -0.39 is 11.9 Å². The van der Waals surface area contributed by atoms with Crippen molar-refractivity contribution in [2.75, 3.05) is 11.9 Å². The van der Waals surface area contributed by atoms with Gasteiger partial charge in [-0.25, -0.2) is 4.98 Å². The van der Waals surface area contributed by atoms with Crippen molar-refractivity contribution in [2.24, 2.45) is 11.7 Å². The summed E-state index contributed by atoms with van der Waals surface area (Å²) in [5.74, 6) is 0.816. The molecule has 1 aromatic rings. The lowest BCUT2D eigenvalue weighted by Gasteiger charge is -2.38. The standard InChI is InChI=1S/C15H22F3N3/c1-10-5-3-4-6-12(10)21(2)14-11(9-19)7-8-13(20-14)15(16,17)18/h7-8,10,12H,3-6,9,19H2,1-2H3. The van der Waals surface area contributed by atoms with Gasteiger partial charge in [0.15, 0.2) is 0 Å². The highest BCUT2D eigenvalue weighted by atomic mass is 19.4. The highest BCUT2D eigenvalue weighted by molar-refractivity contribution is 5.48. The van der Waals surface area contributed by atoms with E-state index in [1.165, 1.54) is 12.5 Å². The summed E-state index contributed by atoms with van der Waals surface area (Å²) in [6, 6.07) is 2.67. The number of alkyl halides is 3. The van der Waals surface area contributed by atoms with Crippen LogP contribution < -0.4 is 10.6 Å². The molecule has 1 saturated carbocycles. The van der Waals surface area contributed by atoms with Gasteiger partial charge in [0.1, 0.15) is 11.5 Å². The first-order chi connectivity index (χ1) is 9.84. The van der Waals surface area contributed by atoms with Crippen LogP contribution in [0.5, 0.6) is 0 Å². The first-order valence-electron chi connectivity index (χ1n) is 7.34. The number of halogens is 3. The van der Waals surface area contributed by atoms with Crippen molar-refractivity contribution in [3.8, 4) is 0 Å². The minimum absolute atomic E-state index is 0.186. The molecule has 1 aliphatic carbocycles. The van der Waals surface area contributed by atoms with E-state index in [9.17, 15) is 13.2 Å². The van der Waals surface area contributed by atoms with E-state index in [0.29, 0.717) is 17.3 Å². The smallest absolute Gasteiger partial charge is 0.356 e. The summed E-state index contributed by atoms with van der Waals surface area (Å²) in [6.45, 7) is 2.34. The Morgan fingerprint density at radius 2 is 1.95 bits per heavy atom. The molecule has 2 N–H and O–H groups in total. The number of aromatic nitrogens is 1. The fraction of sp³-hybridized carbons (Fsp3) is 0.667. The summed E-state index contributed by atoms with van der Waals surface area (Å²) in [6.07, 6.45) is -0.0477. The molecule has 2 unspecified atom stereocenters. The maximum absolute atomic E-state index is 12.9. The molecular weight excluding hydrogens is 279 g/mol. The summed E-state index contributed by atoms with van der Waals surface area (Å²) in [5.41, 5.74) is 5.46. The van der Waals surface area contributed by atoms with Crippen LogP contribution in [0.15, 0.2) is 12.1 Å². The second-order valence-electron chi connectivity index (χ2n) is 5.82. The van der Waals surface area contributed by atoms with Crippen LogP contribution in [0.25, 0.3) is 0 Å². The van der Waals surface area contributed by atoms with Gasteiger partial charge in [-0.1, -0.05) is 25.8 Å². The van der Waals surface area contributed by atoms with E-state index in [1.54, 1.807) is 0 Å². The topological polar surface area (TPSA) is 42.2 Å². The second-order valence-corrected chi connectivity index (χ2v) is 5.82. The molecule has 2 atom stereocenters. The maximum Gasteiger partial charge on any atom is 0.433 e. The minimum atomic E-state index is -4.43. The Morgan fingerprint density at radius 1 is 1.29 bits per heavy atom. The van der Waals surface area contributed by atoms with Gasteiger partial charge < -0.3 is 10.6 Å². The third-order valence-corrected chi connectivity index (χ3v) is 4.36. The third kappa shape index (κ3) is 3.48. The molecule has 118 valence electrons. The summed E-state index contributed by atoms with van der Waals surface area (Å²) in [4.78, 5) is 5.74. The van der Waals surface area contributed by atoms with Gasteiger partial charge >= 0.3 is 6.18 Å². The summed E-state index contributed by atoms with van der Waals surface area (Å²) in [7, 11) is 1.83. The number of rotatable bonds is 3. The van der Waals surface area contributed by atoms with Crippen molar-refractivity contribution in [1.82, 2.24) is 4.98 Å². The van der Waals surface area contributed by atoms with E-state index in [4.69, 9.17) is 5.73 Å². The van der Waals surface area contributed by atoms with Crippen molar-refractivity contribution in [3.63, 3.8) is 0 Å². The van der Waals surface area contributed by atoms with E-state index >= 15 is 0 Å². The van der Waals surface area contributed by atoms with Gasteiger partial charge in [0.05, 0.1) is 0 Å². The number of hydrogen-bond acceptors (Lipinski definition) is 3. The molecule has 0 radical (unpaired) electrons. The Labute approximate surface area is 123 Å². The molecular formula is C15H22F3N3. The van der Waals surface area contributed by atoms with Gasteiger partial charge in [0.2, 0.25) is 0 Å². The molecule has 0 aliphatic heterocycles. The Bertz CT molecular complexity index is 488. The Hall–Kier alpha value is -1.30. The number of anilines is 1. The van der Waals surface area contributed by atoms with E-state index in [-0.39, 0.29) is 12.6 Å². The van der Waals surface area contributed by atoms with E-state index in [2.05, 4.69) is 11.9 Å².